The Morgan fingerprint density at radius 1 is 1.29 bits per heavy atom. The number of hydrogen-bond acceptors (Lipinski definition) is 3. The van der Waals surface area contributed by atoms with E-state index >= 15 is 0 Å². The fourth-order valence-corrected chi connectivity index (χ4v) is 3.35. The van der Waals surface area contributed by atoms with E-state index in [4.69, 9.17) is 27.6 Å². The van der Waals surface area contributed by atoms with Crippen LogP contribution in [0.3, 0.4) is 0 Å². The number of hydrogen-bond donors (Lipinski definition) is 1. The van der Waals surface area contributed by atoms with Crippen LogP contribution < -0.4 is 5.32 Å². The first-order valence-electron chi connectivity index (χ1n) is 7.40. The number of nitrogens with zero attached hydrogens (tertiary/aromatic N) is 2. The smallest absolute Gasteiger partial charge is 0.226 e. The Hall–Kier alpha value is -2.24. The van der Waals surface area contributed by atoms with Crippen molar-refractivity contribution in [2.24, 2.45) is 7.05 Å². The Balaban J connectivity index is 1.76. The van der Waals surface area contributed by atoms with E-state index in [1.807, 2.05) is 12.1 Å². The SMILES string of the molecule is Cn1ncc2c1NC(=O)C[C@@H]2c1ccc(-c2cc(Cl)ccc2Cl)o1. The third-order valence-electron chi connectivity index (χ3n) is 4.15. The van der Waals surface area contributed by atoms with Crippen LogP contribution in [-0.2, 0) is 11.8 Å². The lowest BCUT2D eigenvalue weighted by Crippen LogP contribution is -2.24. The molecule has 5 nitrogen and oxygen atoms in total. The lowest BCUT2D eigenvalue weighted by molar-refractivity contribution is -0.116. The first kappa shape index (κ1) is 15.3. The van der Waals surface area contributed by atoms with Crippen LogP contribution >= 0.6 is 23.2 Å². The molecule has 1 amide bonds. The van der Waals surface area contributed by atoms with Gasteiger partial charge in [-0.3, -0.25) is 9.48 Å². The van der Waals surface area contributed by atoms with Gasteiger partial charge in [0.2, 0.25) is 5.91 Å². The molecule has 7 heteroatoms. The molecule has 1 aliphatic heterocycles. The molecule has 0 unspecified atom stereocenters. The molecule has 1 aliphatic rings. The number of carbonyl (C=O) groups is 1. The van der Waals surface area contributed by atoms with Crippen LogP contribution in [0.1, 0.15) is 23.7 Å². The average molecular weight is 362 g/mol. The third kappa shape index (κ3) is 2.50. The number of aryl methyl sites for hydroxylation is 1. The molecule has 1 atom stereocenters. The predicted octanol–water partition coefficient (Wildman–Crippen LogP) is 4.46. The normalized spacial score (nSPS) is 16.8. The van der Waals surface area contributed by atoms with Gasteiger partial charge in [0.1, 0.15) is 17.3 Å². The molecule has 1 N–H and O–H groups in total. The lowest BCUT2D eigenvalue weighted by atomic mass is 9.92. The summed E-state index contributed by atoms with van der Waals surface area (Å²) in [7, 11) is 1.79. The molecular formula is C17H13Cl2N3O2. The summed E-state index contributed by atoms with van der Waals surface area (Å²) in [6.45, 7) is 0. The summed E-state index contributed by atoms with van der Waals surface area (Å²) in [6, 6.07) is 8.93. The summed E-state index contributed by atoms with van der Waals surface area (Å²) in [4.78, 5) is 12.0. The molecule has 0 spiro atoms. The van der Waals surface area contributed by atoms with Crippen molar-refractivity contribution in [3.05, 3.63) is 57.9 Å². The number of anilines is 1. The van der Waals surface area contributed by atoms with E-state index in [2.05, 4.69) is 10.4 Å². The van der Waals surface area contributed by atoms with E-state index in [9.17, 15) is 4.79 Å². The number of rotatable bonds is 2. The Morgan fingerprint density at radius 3 is 2.96 bits per heavy atom. The molecule has 3 aromatic rings. The maximum absolute atomic E-state index is 12.0. The van der Waals surface area contributed by atoms with Crippen LogP contribution in [0.25, 0.3) is 11.3 Å². The van der Waals surface area contributed by atoms with Gasteiger partial charge in [0.15, 0.2) is 0 Å². The molecule has 0 saturated carbocycles. The summed E-state index contributed by atoms with van der Waals surface area (Å²) < 4.78 is 7.65. The minimum absolute atomic E-state index is 0.0603. The zero-order valence-corrected chi connectivity index (χ0v) is 14.2. The molecule has 122 valence electrons. The van der Waals surface area contributed by atoms with Crippen LogP contribution in [-0.4, -0.2) is 15.7 Å². The van der Waals surface area contributed by atoms with Crippen molar-refractivity contribution >= 4 is 34.9 Å². The zero-order valence-electron chi connectivity index (χ0n) is 12.7. The Morgan fingerprint density at radius 2 is 2.12 bits per heavy atom. The fraction of sp³-hybridized carbons (Fsp3) is 0.176. The van der Waals surface area contributed by atoms with E-state index in [1.165, 1.54) is 0 Å². The van der Waals surface area contributed by atoms with Crippen molar-refractivity contribution in [3.63, 3.8) is 0 Å². The van der Waals surface area contributed by atoms with Crippen LogP contribution in [0.4, 0.5) is 5.82 Å². The van der Waals surface area contributed by atoms with Gasteiger partial charge in [-0.15, -0.1) is 0 Å². The largest absolute Gasteiger partial charge is 0.460 e. The predicted molar refractivity (Wildman–Crippen MR) is 92.5 cm³/mol. The van der Waals surface area contributed by atoms with Gasteiger partial charge in [-0.25, -0.2) is 0 Å². The number of furan rings is 1. The molecular weight excluding hydrogens is 349 g/mol. The van der Waals surface area contributed by atoms with Gasteiger partial charge in [-0.05, 0) is 30.3 Å². The monoisotopic (exact) mass is 361 g/mol. The topological polar surface area (TPSA) is 60.1 Å². The van der Waals surface area contributed by atoms with Crippen LogP contribution in [0, 0.1) is 0 Å². The average Bonchev–Trinajstić information content (AvgIpc) is 3.17. The van der Waals surface area contributed by atoms with E-state index < -0.39 is 0 Å². The van der Waals surface area contributed by atoms with E-state index in [1.54, 1.807) is 36.1 Å². The highest BCUT2D eigenvalue weighted by Crippen LogP contribution is 2.40. The second-order valence-corrected chi connectivity index (χ2v) is 6.55. The van der Waals surface area contributed by atoms with Gasteiger partial charge >= 0.3 is 0 Å². The van der Waals surface area contributed by atoms with Crippen molar-refractivity contribution in [3.8, 4) is 11.3 Å². The number of nitrogens with one attached hydrogen (secondary N) is 1. The minimum Gasteiger partial charge on any atom is -0.460 e. The summed E-state index contributed by atoms with van der Waals surface area (Å²) in [5.74, 6) is 1.79. The maximum atomic E-state index is 12.0. The first-order valence-corrected chi connectivity index (χ1v) is 8.15. The molecule has 3 heterocycles. The summed E-state index contributed by atoms with van der Waals surface area (Å²) in [5, 5.41) is 8.21. The van der Waals surface area contributed by atoms with E-state index in [-0.39, 0.29) is 11.8 Å². The third-order valence-corrected chi connectivity index (χ3v) is 4.72. The number of amides is 1. The number of benzene rings is 1. The minimum atomic E-state index is -0.172. The Bertz CT molecular complexity index is 945. The molecule has 0 bridgehead atoms. The summed E-state index contributed by atoms with van der Waals surface area (Å²) >= 11 is 12.3. The van der Waals surface area contributed by atoms with E-state index in [0.717, 1.165) is 11.1 Å². The van der Waals surface area contributed by atoms with Gasteiger partial charge in [0, 0.05) is 29.6 Å². The van der Waals surface area contributed by atoms with Crippen LogP contribution in [0.15, 0.2) is 40.9 Å². The molecule has 0 radical (unpaired) electrons. The molecule has 0 aliphatic carbocycles. The highest BCUT2D eigenvalue weighted by molar-refractivity contribution is 6.35. The van der Waals surface area contributed by atoms with Crippen molar-refractivity contribution in [2.75, 3.05) is 5.32 Å². The van der Waals surface area contributed by atoms with Gasteiger partial charge in [0.25, 0.3) is 0 Å². The van der Waals surface area contributed by atoms with Gasteiger partial charge < -0.3 is 9.73 Å². The second-order valence-electron chi connectivity index (χ2n) is 5.70. The number of aromatic nitrogens is 2. The molecule has 24 heavy (non-hydrogen) atoms. The van der Waals surface area contributed by atoms with Crippen molar-refractivity contribution < 1.29 is 9.21 Å². The standard InChI is InChI=1S/C17H13Cl2N3O2/c1-22-17-12(8-20-22)10(7-16(23)21-17)14-4-5-15(24-14)11-6-9(18)2-3-13(11)19/h2-6,8,10H,7H2,1H3,(H,21,23)/t10-/m0/s1. The molecule has 0 fully saturated rings. The fourth-order valence-electron chi connectivity index (χ4n) is 2.97. The van der Waals surface area contributed by atoms with Gasteiger partial charge in [-0.2, -0.15) is 5.10 Å². The van der Waals surface area contributed by atoms with Crippen LogP contribution in [0.5, 0.6) is 0 Å². The molecule has 2 aromatic heterocycles. The first-order chi connectivity index (χ1) is 11.5. The highest BCUT2D eigenvalue weighted by Gasteiger charge is 2.31. The van der Waals surface area contributed by atoms with Gasteiger partial charge in [0.05, 0.1) is 17.1 Å². The van der Waals surface area contributed by atoms with Crippen molar-refractivity contribution in [1.29, 1.82) is 0 Å². The van der Waals surface area contributed by atoms with Crippen molar-refractivity contribution in [1.82, 2.24) is 9.78 Å². The lowest BCUT2D eigenvalue weighted by Gasteiger charge is -2.21. The number of fused-ring (bicyclic) bond motifs is 1. The molecule has 1 aromatic carbocycles. The highest BCUT2D eigenvalue weighted by atomic mass is 35.5. The van der Waals surface area contributed by atoms with Crippen molar-refractivity contribution in [2.45, 2.75) is 12.3 Å². The zero-order chi connectivity index (χ0) is 16.8. The number of carbonyl (C=O) groups excluding carboxylic acids is 1. The summed E-state index contributed by atoms with van der Waals surface area (Å²) in [5.41, 5.74) is 1.66. The molecule has 4 rings (SSSR count). The van der Waals surface area contributed by atoms with E-state index in [0.29, 0.717) is 33.8 Å². The quantitative estimate of drug-likeness (QED) is 0.732. The maximum Gasteiger partial charge on any atom is 0.226 e. The Kier molecular flexibility index (Phi) is 3.62. The number of halogens is 2. The van der Waals surface area contributed by atoms with Crippen LogP contribution in [0.2, 0.25) is 10.0 Å². The Labute approximate surface area is 148 Å². The second kappa shape index (κ2) is 5.69. The van der Waals surface area contributed by atoms with Gasteiger partial charge in [-0.1, -0.05) is 23.2 Å². The molecule has 0 saturated heterocycles. The summed E-state index contributed by atoms with van der Waals surface area (Å²) in [6.07, 6.45) is 2.07.